The van der Waals surface area contributed by atoms with Gasteiger partial charge in [0, 0.05) is 17.0 Å². The third-order valence-corrected chi connectivity index (χ3v) is 1.86. The molecule has 0 atom stereocenters. The Bertz CT molecular complexity index is 180. The maximum Gasteiger partial charge on any atom is 0.162 e. The molecule has 0 saturated carbocycles. The first kappa shape index (κ1) is 11.7. The van der Waals surface area contributed by atoms with Gasteiger partial charge in [0.15, 0.2) is 5.78 Å². The van der Waals surface area contributed by atoms with Crippen LogP contribution < -0.4 is 0 Å². The lowest BCUT2D eigenvalue weighted by Gasteiger charge is -2.09. The molecule has 0 unspecified atom stereocenters. The fourth-order valence-corrected chi connectivity index (χ4v) is 1.21. The monoisotopic (exact) mass is 188 g/mol. The number of carbonyl (C=O) groups is 1. The summed E-state index contributed by atoms with van der Waals surface area (Å²) in [6.07, 6.45) is 0.778. The Hall–Kier alpha value is -0.300. The fourth-order valence-electron chi connectivity index (χ4n) is 1.01. The summed E-state index contributed by atoms with van der Waals surface area (Å²) in [5.74, 6) is 0.699. The van der Waals surface area contributed by atoms with Crippen LogP contribution in [0.1, 0.15) is 34.1 Å². The summed E-state index contributed by atoms with van der Waals surface area (Å²) in [5.41, 5.74) is 2.17. The second-order valence-electron chi connectivity index (χ2n) is 3.75. The van der Waals surface area contributed by atoms with E-state index in [1.165, 1.54) is 5.54 Å². The molecule has 0 aromatic carbocycles. The average molecular weight is 189 g/mol. The lowest BCUT2D eigenvalue weighted by Crippen LogP contribution is -2.11. The molecule has 0 aromatic heterocycles. The average Bonchev–Trinajstić information content (AvgIpc) is 1.98. The van der Waals surface area contributed by atoms with Crippen LogP contribution in [0.5, 0.6) is 0 Å². The van der Waals surface area contributed by atoms with E-state index in [0.717, 1.165) is 12.0 Å². The lowest BCUT2D eigenvalue weighted by molar-refractivity contribution is -0.118. The first-order valence-electron chi connectivity index (χ1n) is 4.32. The van der Waals surface area contributed by atoms with Crippen molar-refractivity contribution in [2.24, 2.45) is 11.8 Å². The van der Waals surface area contributed by atoms with E-state index < -0.39 is 0 Å². The highest BCUT2D eigenvalue weighted by molar-refractivity contribution is 6.27. The SMILES string of the molecule is CC(C)C/C(=C\Cl)C(=O)C(C)C. The first-order valence-corrected chi connectivity index (χ1v) is 4.76. The van der Waals surface area contributed by atoms with Crippen molar-refractivity contribution in [3.05, 3.63) is 11.1 Å². The van der Waals surface area contributed by atoms with Gasteiger partial charge in [0.05, 0.1) is 0 Å². The Morgan fingerprint density at radius 2 is 1.83 bits per heavy atom. The number of Topliss-reactive ketones (excluding diaryl/α,β-unsaturated/α-hetero) is 1. The summed E-state index contributed by atoms with van der Waals surface area (Å²) in [4.78, 5) is 11.5. The van der Waals surface area contributed by atoms with E-state index in [-0.39, 0.29) is 11.7 Å². The van der Waals surface area contributed by atoms with Gasteiger partial charge in [-0.1, -0.05) is 39.3 Å². The minimum Gasteiger partial charge on any atom is -0.294 e. The largest absolute Gasteiger partial charge is 0.294 e. The summed E-state index contributed by atoms with van der Waals surface area (Å²) < 4.78 is 0. The summed E-state index contributed by atoms with van der Waals surface area (Å²) >= 11 is 5.57. The highest BCUT2D eigenvalue weighted by atomic mass is 35.5. The van der Waals surface area contributed by atoms with Crippen LogP contribution in [0, 0.1) is 11.8 Å². The number of halogens is 1. The highest BCUT2D eigenvalue weighted by Crippen LogP contribution is 2.16. The van der Waals surface area contributed by atoms with Gasteiger partial charge in [-0.05, 0) is 12.3 Å². The number of hydrogen-bond donors (Lipinski definition) is 0. The van der Waals surface area contributed by atoms with E-state index in [1.807, 2.05) is 13.8 Å². The summed E-state index contributed by atoms with van der Waals surface area (Å²) in [6.45, 7) is 7.94. The van der Waals surface area contributed by atoms with Crippen LogP contribution in [0.25, 0.3) is 0 Å². The van der Waals surface area contributed by atoms with E-state index in [4.69, 9.17) is 11.6 Å². The van der Waals surface area contributed by atoms with Gasteiger partial charge >= 0.3 is 0 Å². The topological polar surface area (TPSA) is 17.1 Å². The van der Waals surface area contributed by atoms with Crippen LogP contribution in [0.2, 0.25) is 0 Å². The smallest absolute Gasteiger partial charge is 0.162 e. The number of hydrogen-bond acceptors (Lipinski definition) is 1. The van der Waals surface area contributed by atoms with Crippen molar-refractivity contribution in [1.82, 2.24) is 0 Å². The molecule has 0 heterocycles. The van der Waals surface area contributed by atoms with Gasteiger partial charge in [0.1, 0.15) is 0 Å². The predicted molar refractivity (Wildman–Crippen MR) is 53.2 cm³/mol. The molecule has 0 fully saturated rings. The number of rotatable bonds is 4. The van der Waals surface area contributed by atoms with E-state index in [2.05, 4.69) is 13.8 Å². The van der Waals surface area contributed by atoms with Crippen LogP contribution in [-0.4, -0.2) is 5.78 Å². The molecule has 0 saturated heterocycles. The lowest BCUT2D eigenvalue weighted by atomic mass is 9.95. The van der Waals surface area contributed by atoms with E-state index in [0.29, 0.717) is 5.92 Å². The molecule has 0 N–H and O–H groups in total. The van der Waals surface area contributed by atoms with Crippen molar-refractivity contribution in [3.63, 3.8) is 0 Å². The summed E-state index contributed by atoms with van der Waals surface area (Å²) in [7, 11) is 0. The minimum atomic E-state index is 0.0498. The minimum absolute atomic E-state index is 0.0498. The van der Waals surface area contributed by atoms with Crippen molar-refractivity contribution in [2.45, 2.75) is 34.1 Å². The van der Waals surface area contributed by atoms with Crippen LogP contribution in [0.15, 0.2) is 11.1 Å². The number of allylic oxidation sites excluding steroid dienone is 1. The maximum atomic E-state index is 11.5. The third-order valence-electron chi connectivity index (χ3n) is 1.60. The molecule has 0 bridgehead atoms. The molecule has 0 aliphatic heterocycles. The molecule has 0 amide bonds. The van der Waals surface area contributed by atoms with Crippen molar-refractivity contribution >= 4 is 17.4 Å². The van der Waals surface area contributed by atoms with Gasteiger partial charge in [0.2, 0.25) is 0 Å². The van der Waals surface area contributed by atoms with Gasteiger partial charge in [-0.25, -0.2) is 0 Å². The zero-order chi connectivity index (χ0) is 9.72. The molecule has 2 heteroatoms. The Morgan fingerprint density at radius 3 is 2.08 bits per heavy atom. The molecule has 0 aliphatic rings. The Balaban J connectivity index is 4.28. The van der Waals surface area contributed by atoms with Crippen molar-refractivity contribution in [1.29, 1.82) is 0 Å². The normalized spacial score (nSPS) is 12.8. The molecule has 0 aliphatic carbocycles. The molecule has 0 aromatic rings. The predicted octanol–water partition coefficient (Wildman–Crippen LogP) is 3.38. The van der Waals surface area contributed by atoms with Crippen molar-refractivity contribution in [2.75, 3.05) is 0 Å². The third kappa shape index (κ3) is 3.91. The molecule has 1 nitrogen and oxygen atoms in total. The van der Waals surface area contributed by atoms with Gasteiger partial charge in [-0.3, -0.25) is 4.79 Å². The zero-order valence-electron chi connectivity index (χ0n) is 8.23. The first-order chi connectivity index (χ1) is 5.49. The molecule has 70 valence electrons. The zero-order valence-corrected chi connectivity index (χ0v) is 8.98. The quantitative estimate of drug-likeness (QED) is 0.619. The molecular weight excluding hydrogens is 172 g/mol. The van der Waals surface area contributed by atoms with Gasteiger partial charge in [0.25, 0.3) is 0 Å². The highest BCUT2D eigenvalue weighted by Gasteiger charge is 2.13. The molecule has 0 rings (SSSR count). The molecule has 0 radical (unpaired) electrons. The molecule has 12 heavy (non-hydrogen) atoms. The summed E-state index contributed by atoms with van der Waals surface area (Å²) in [5, 5.41) is 0. The van der Waals surface area contributed by atoms with Crippen LogP contribution in [-0.2, 0) is 4.79 Å². The second-order valence-corrected chi connectivity index (χ2v) is 3.97. The van der Waals surface area contributed by atoms with Crippen molar-refractivity contribution in [3.8, 4) is 0 Å². The van der Waals surface area contributed by atoms with Gasteiger partial charge in [-0.15, -0.1) is 0 Å². The van der Waals surface area contributed by atoms with Gasteiger partial charge in [-0.2, -0.15) is 0 Å². The fraction of sp³-hybridized carbons (Fsp3) is 0.700. The maximum absolute atomic E-state index is 11.5. The van der Waals surface area contributed by atoms with Crippen LogP contribution in [0.3, 0.4) is 0 Å². The Kier molecular flexibility index (Phi) is 5.23. The Labute approximate surface area is 79.8 Å². The van der Waals surface area contributed by atoms with E-state index in [1.54, 1.807) is 0 Å². The van der Waals surface area contributed by atoms with Crippen LogP contribution in [0.4, 0.5) is 0 Å². The summed E-state index contributed by atoms with van der Waals surface area (Å²) in [6, 6.07) is 0. The van der Waals surface area contributed by atoms with Crippen molar-refractivity contribution < 1.29 is 4.79 Å². The number of ketones is 1. The van der Waals surface area contributed by atoms with Gasteiger partial charge < -0.3 is 0 Å². The van der Waals surface area contributed by atoms with Crippen LogP contribution >= 0.6 is 11.6 Å². The van der Waals surface area contributed by atoms with E-state index in [9.17, 15) is 4.79 Å². The standard InChI is InChI=1S/C10H17ClO/c1-7(2)5-9(6-11)10(12)8(3)4/h6-8H,5H2,1-4H3/b9-6+. The molecule has 0 spiro atoms. The molecular formula is C10H17ClO. The number of carbonyl (C=O) groups excluding carboxylic acids is 1. The second kappa shape index (κ2) is 5.36. The van der Waals surface area contributed by atoms with E-state index >= 15 is 0 Å². The Morgan fingerprint density at radius 1 is 1.33 bits per heavy atom.